The molecule has 3 rings (SSSR count). The number of carbonyl (C=O) groups is 1. The Morgan fingerprint density at radius 2 is 1.77 bits per heavy atom. The summed E-state index contributed by atoms with van der Waals surface area (Å²) in [7, 11) is 0.566. The highest BCUT2D eigenvalue weighted by molar-refractivity contribution is 7.90. The predicted octanol–water partition coefficient (Wildman–Crippen LogP) is 3.18. The molecule has 2 aliphatic rings. The number of likely N-dealkylation sites (N-methyl/N-ethyl adjacent to an activating group) is 1. The van der Waals surface area contributed by atoms with Gasteiger partial charge in [0.25, 0.3) is 0 Å². The molecule has 1 atom stereocenters. The molecule has 0 heterocycles. The van der Waals surface area contributed by atoms with Crippen LogP contribution in [0.1, 0.15) is 44.9 Å². The summed E-state index contributed by atoms with van der Waals surface area (Å²) in [6.07, 6.45) is 8.30. The van der Waals surface area contributed by atoms with Gasteiger partial charge in [0.05, 0.1) is 10.9 Å². The molecule has 0 aliphatic heterocycles. The molecule has 6 nitrogen and oxygen atoms in total. The van der Waals surface area contributed by atoms with Crippen LogP contribution in [0.5, 0.6) is 0 Å². The van der Waals surface area contributed by atoms with Gasteiger partial charge in [-0.3, -0.25) is 4.79 Å². The minimum atomic E-state index is -3.25. The van der Waals surface area contributed by atoms with E-state index in [-0.39, 0.29) is 11.8 Å². The number of carbonyl (C=O) groups excluding carboxylic acids is 1. The second-order valence-electron chi connectivity index (χ2n) is 8.99. The molecule has 2 aliphatic carbocycles. The van der Waals surface area contributed by atoms with Crippen molar-refractivity contribution in [2.75, 3.05) is 25.3 Å². The molecule has 0 saturated heterocycles. The lowest BCUT2D eigenvalue weighted by Gasteiger charge is -2.39. The Kier molecular flexibility index (Phi) is 6.92. The highest BCUT2D eigenvalue weighted by atomic mass is 32.2. The highest BCUT2D eigenvalue weighted by Crippen LogP contribution is 2.37. The van der Waals surface area contributed by atoms with Crippen LogP contribution in [0, 0.1) is 11.8 Å². The van der Waals surface area contributed by atoms with Gasteiger partial charge in [-0.05, 0) is 75.0 Å². The molecule has 2 N–H and O–H groups in total. The lowest BCUT2D eigenvalue weighted by Crippen LogP contribution is -2.52. The van der Waals surface area contributed by atoms with Crippen molar-refractivity contribution in [2.24, 2.45) is 17.6 Å². The van der Waals surface area contributed by atoms with Crippen LogP contribution < -0.4 is 10.6 Å². The normalized spacial score (nSPS) is 23.3. The van der Waals surface area contributed by atoms with Crippen molar-refractivity contribution in [1.82, 2.24) is 4.90 Å². The Labute approximate surface area is 181 Å². The quantitative estimate of drug-likeness (QED) is 0.714. The monoisotopic (exact) mass is 433 g/mol. The fourth-order valence-corrected chi connectivity index (χ4v) is 5.23. The molecule has 0 radical (unpaired) electrons. The van der Waals surface area contributed by atoms with Crippen molar-refractivity contribution in [2.45, 2.75) is 61.9 Å². The average molecular weight is 434 g/mol. The average Bonchev–Trinajstić information content (AvgIpc) is 2.70. The number of nitrogens with zero attached hydrogens (tertiary/aromatic N) is 2. The number of nitrogens with two attached hydrogens (primary N) is 1. The Balaban J connectivity index is 1.58. The topological polar surface area (TPSA) is 83.7 Å². The highest BCUT2D eigenvalue weighted by Gasteiger charge is 2.35. The van der Waals surface area contributed by atoms with Gasteiger partial charge in [-0.1, -0.05) is 12.6 Å². The Morgan fingerprint density at radius 1 is 1.13 bits per heavy atom. The number of benzene rings is 1. The van der Waals surface area contributed by atoms with Gasteiger partial charge in [-0.15, -0.1) is 0 Å². The summed E-state index contributed by atoms with van der Waals surface area (Å²) in [5, 5.41) is 0. The van der Waals surface area contributed by atoms with E-state index in [4.69, 9.17) is 5.73 Å². The number of amides is 1. The Bertz CT molecular complexity index is 887. The molecule has 0 bridgehead atoms. The minimum absolute atomic E-state index is 0.0803. The number of anilines is 1. The smallest absolute Gasteiger partial charge is 0.239 e. The summed E-state index contributed by atoms with van der Waals surface area (Å²) in [5.41, 5.74) is 8.15. The molecule has 2 fully saturated rings. The van der Waals surface area contributed by atoms with E-state index < -0.39 is 15.9 Å². The van der Waals surface area contributed by atoms with E-state index in [1.807, 2.05) is 30.0 Å². The minimum Gasteiger partial charge on any atom is -0.348 e. The molecule has 0 unspecified atom stereocenters. The molecule has 7 heteroatoms. The first-order valence-corrected chi connectivity index (χ1v) is 12.7. The van der Waals surface area contributed by atoms with Crippen molar-refractivity contribution in [3.63, 3.8) is 0 Å². The molecular weight excluding hydrogens is 398 g/mol. The molecule has 0 aromatic heterocycles. The summed E-state index contributed by atoms with van der Waals surface area (Å²) in [5.74, 6) is 0.597. The zero-order valence-electron chi connectivity index (χ0n) is 18.4. The summed E-state index contributed by atoms with van der Waals surface area (Å²) >= 11 is 0. The van der Waals surface area contributed by atoms with Crippen LogP contribution in [0.2, 0.25) is 0 Å². The second kappa shape index (κ2) is 9.10. The van der Waals surface area contributed by atoms with Gasteiger partial charge in [-0.2, -0.15) is 0 Å². The lowest BCUT2D eigenvalue weighted by molar-refractivity contribution is -0.136. The van der Waals surface area contributed by atoms with E-state index in [1.54, 1.807) is 18.2 Å². The van der Waals surface area contributed by atoms with Gasteiger partial charge in [0.2, 0.25) is 5.91 Å². The number of allylic oxidation sites excluding steroid dienone is 1. The van der Waals surface area contributed by atoms with Crippen molar-refractivity contribution in [1.29, 1.82) is 0 Å². The Hall–Kier alpha value is -1.86. The Morgan fingerprint density at radius 3 is 2.30 bits per heavy atom. The lowest BCUT2D eigenvalue weighted by atomic mass is 9.77. The standard InChI is InChI=1S/C23H35N3O3S/c1-16(25(2)20-9-6-10-21(15-20)30(4,28)29)17-11-13-18(14-12-17)22(24)23(27)26(3)19-7-5-8-19/h6,9-10,15,17-19,22H,1,5,7-8,11-14,24H2,2-4H3/t17?,18?,22-/m0/s1. The summed E-state index contributed by atoms with van der Waals surface area (Å²) in [4.78, 5) is 16.9. The van der Waals surface area contributed by atoms with Crippen molar-refractivity contribution >= 4 is 21.4 Å². The second-order valence-corrected chi connectivity index (χ2v) is 11.0. The van der Waals surface area contributed by atoms with Gasteiger partial charge in [-0.25, -0.2) is 8.42 Å². The SMILES string of the molecule is C=C(C1CCC([C@H](N)C(=O)N(C)C2CCC2)CC1)N(C)c1cccc(S(C)(=O)=O)c1. The molecule has 30 heavy (non-hydrogen) atoms. The van der Waals surface area contributed by atoms with Crippen LogP contribution in [-0.4, -0.2) is 51.7 Å². The first-order chi connectivity index (χ1) is 14.1. The van der Waals surface area contributed by atoms with Crippen LogP contribution in [0.15, 0.2) is 41.4 Å². The van der Waals surface area contributed by atoms with E-state index in [0.29, 0.717) is 16.9 Å². The van der Waals surface area contributed by atoms with Gasteiger partial charge < -0.3 is 15.5 Å². The third kappa shape index (κ3) is 4.89. The van der Waals surface area contributed by atoms with Gasteiger partial charge in [0, 0.05) is 37.8 Å². The fourth-order valence-electron chi connectivity index (χ4n) is 4.56. The predicted molar refractivity (Wildman–Crippen MR) is 121 cm³/mol. The molecule has 0 spiro atoms. The van der Waals surface area contributed by atoms with E-state index in [9.17, 15) is 13.2 Å². The first kappa shape index (κ1) is 22.8. The van der Waals surface area contributed by atoms with Crippen molar-refractivity contribution in [3.05, 3.63) is 36.5 Å². The maximum Gasteiger partial charge on any atom is 0.239 e. The fraction of sp³-hybridized carbons (Fsp3) is 0.609. The number of hydrogen-bond donors (Lipinski definition) is 1. The van der Waals surface area contributed by atoms with Crippen LogP contribution in [0.25, 0.3) is 0 Å². The largest absolute Gasteiger partial charge is 0.348 e. The van der Waals surface area contributed by atoms with Gasteiger partial charge in [0.15, 0.2) is 9.84 Å². The van der Waals surface area contributed by atoms with Gasteiger partial charge in [0.1, 0.15) is 0 Å². The number of rotatable bonds is 7. The molecule has 166 valence electrons. The van der Waals surface area contributed by atoms with Crippen LogP contribution >= 0.6 is 0 Å². The maximum atomic E-state index is 12.7. The zero-order chi connectivity index (χ0) is 22.1. The summed E-state index contributed by atoms with van der Waals surface area (Å²) < 4.78 is 23.7. The summed E-state index contributed by atoms with van der Waals surface area (Å²) in [6, 6.07) is 6.91. The van der Waals surface area contributed by atoms with Crippen LogP contribution in [0.4, 0.5) is 5.69 Å². The first-order valence-electron chi connectivity index (χ1n) is 10.8. The zero-order valence-corrected chi connectivity index (χ0v) is 19.2. The third-order valence-electron chi connectivity index (χ3n) is 7.07. The van der Waals surface area contributed by atoms with E-state index >= 15 is 0 Å². The molecule has 1 aromatic rings. The van der Waals surface area contributed by atoms with Crippen molar-refractivity contribution < 1.29 is 13.2 Å². The van der Waals surface area contributed by atoms with E-state index in [0.717, 1.165) is 49.9 Å². The summed E-state index contributed by atoms with van der Waals surface area (Å²) in [6.45, 7) is 4.29. The maximum absolute atomic E-state index is 12.7. The van der Waals surface area contributed by atoms with E-state index in [2.05, 4.69) is 6.58 Å². The third-order valence-corrected chi connectivity index (χ3v) is 8.18. The van der Waals surface area contributed by atoms with Crippen molar-refractivity contribution in [3.8, 4) is 0 Å². The van der Waals surface area contributed by atoms with Crippen LogP contribution in [-0.2, 0) is 14.6 Å². The number of hydrogen-bond acceptors (Lipinski definition) is 5. The molecule has 1 aromatic carbocycles. The molecular formula is C23H35N3O3S. The molecule has 2 saturated carbocycles. The number of sulfone groups is 1. The molecule has 1 amide bonds. The van der Waals surface area contributed by atoms with Gasteiger partial charge >= 0.3 is 0 Å². The van der Waals surface area contributed by atoms with Crippen LogP contribution in [0.3, 0.4) is 0 Å². The van der Waals surface area contributed by atoms with E-state index in [1.165, 1.54) is 12.7 Å².